The number of hydrogen-bond acceptors (Lipinski definition) is 3. The predicted octanol–water partition coefficient (Wildman–Crippen LogP) is 1.21. The molecule has 1 fully saturated rings. The van der Waals surface area contributed by atoms with E-state index < -0.39 is 10.2 Å². The Hall–Kier alpha value is -0.170. The van der Waals surface area contributed by atoms with Gasteiger partial charge in [-0.25, -0.2) is 4.72 Å². The average molecular weight is 292 g/mol. The Bertz CT molecular complexity index is 379. The van der Waals surface area contributed by atoms with Crippen molar-refractivity contribution in [2.45, 2.75) is 40.5 Å². The normalized spacial score (nSPS) is 22.9. The second-order valence-corrected chi connectivity index (χ2v) is 8.27. The molecule has 1 unspecified atom stereocenters. The number of aliphatic hydroxyl groups excluding tert-OH is 1. The minimum Gasteiger partial charge on any atom is -0.396 e. The summed E-state index contributed by atoms with van der Waals surface area (Å²) in [5.74, 6) is 0.477. The summed E-state index contributed by atoms with van der Waals surface area (Å²) in [6.45, 7) is 9.78. The number of hydrogen-bond donors (Lipinski definition) is 2. The molecule has 1 atom stereocenters. The highest BCUT2D eigenvalue weighted by molar-refractivity contribution is 7.87. The van der Waals surface area contributed by atoms with Gasteiger partial charge in [0.2, 0.25) is 0 Å². The third-order valence-corrected chi connectivity index (χ3v) is 5.87. The molecule has 114 valence electrons. The fourth-order valence-electron chi connectivity index (χ4n) is 1.97. The van der Waals surface area contributed by atoms with Crippen LogP contribution in [-0.4, -0.2) is 44.1 Å². The Balaban J connectivity index is 2.61. The van der Waals surface area contributed by atoms with Gasteiger partial charge in [-0.05, 0) is 30.1 Å². The van der Waals surface area contributed by atoms with Crippen molar-refractivity contribution >= 4 is 10.2 Å². The molecule has 1 aliphatic heterocycles. The molecule has 2 N–H and O–H groups in total. The Kier molecular flexibility index (Phi) is 5.79. The standard InChI is InChI=1S/C13H28N2O3S/c1-11(2)13(3,4)10-14-19(17,18)15-7-5-6-12(8-15)9-16/h11-12,14,16H,5-10H2,1-4H3. The van der Waals surface area contributed by atoms with E-state index in [1.165, 1.54) is 4.31 Å². The molecule has 0 saturated carbocycles. The third kappa shape index (κ3) is 4.70. The minimum atomic E-state index is -3.42. The van der Waals surface area contributed by atoms with Crippen LogP contribution in [0.1, 0.15) is 40.5 Å². The maximum absolute atomic E-state index is 12.2. The van der Waals surface area contributed by atoms with Gasteiger partial charge in [0.25, 0.3) is 10.2 Å². The van der Waals surface area contributed by atoms with Crippen LogP contribution in [0.2, 0.25) is 0 Å². The molecule has 1 rings (SSSR count). The monoisotopic (exact) mass is 292 g/mol. The zero-order valence-corrected chi connectivity index (χ0v) is 13.3. The molecule has 5 nitrogen and oxygen atoms in total. The van der Waals surface area contributed by atoms with Crippen LogP contribution in [0.3, 0.4) is 0 Å². The van der Waals surface area contributed by atoms with Gasteiger partial charge in [0, 0.05) is 26.2 Å². The summed E-state index contributed by atoms with van der Waals surface area (Å²) in [6, 6.07) is 0. The number of nitrogens with one attached hydrogen (secondary N) is 1. The second-order valence-electron chi connectivity index (χ2n) is 6.52. The van der Waals surface area contributed by atoms with E-state index in [0.29, 0.717) is 25.6 Å². The van der Waals surface area contributed by atoms with Crippen molar-refractivity contribution in [1.29, 1.82) is 0 Å². The van der Waals surface area contributed by atoms with Crippen molar-refractivity contribution in [2.24, 2.45) is 17.3 Å². The summed E-state index contributed by atoms with van der Waals surface area (Å²) >= 11 is 0. The Labute approximate surface area is 117 Å². The first-order valence-corrected chi connectivity index (χ1v) is 8.48. The molecule has 19 heavy (non-hydrogen) atoms. The lowest BCUT2D eigenvalue weighted by Crippen LogP contribution is -2.49. The topological polar surface area (TPSA) is 69.6 Å². The molecule has 1 saturated heterocycles. The summed E-state index contributed by atoms with van der Waals surface area (Å²) in [6.07, 6.45) is 1.72. The van der Waals surface area contributed by atoms with E-state index in [1.807, 2.05) is 0 Å². The maximum Gasteiger partial charge on any atom is 0.279 e. The Morgan fingerprint density at radius 3 is 2.58 bits per heavy atom. The fraction of sp³-hybridized carbons (Fsp3) is 1.00. The van der Waals surface area contributed by atoms with Crippen molar-refractivity contribution in [1.82, 2.24) is 9.03 Å². The molecule has 0 aliphatic carbocycles. The van der Waals surface area contributed by atoms with Gasteiger partial charge in [0.15, 0.2) is 0 Å². The van der Waals surface area contributed by atoms with Crippen molar-refractivity contribution < 1.29 is 13.5 Å². The van der Waals surface area contributed by atoms with Gasteiger partial charge in [-0.1, -0.05) is 27.7 Å². The molecule has 0 spiro atoms. The van der Waals surface area contributed by atoms with E-state index >= 15 is 0 Å². The molecule has 6 heteroatoms. The van der Waals surface area contributed by atoms with Crippen molar-refractivity contribution in [3.63, 3.8) is 0 Å². The number of nitrogens with zero attached hydrogens (tertiary/aromatic N) is 1. The highest BCUT2D eigenvalue weighted by atomic mass is 32.2. The van der Waals surface area contributed by atoms with E-state index in [2.05, 4.69) is 32.4 Å². The van der Waals surface area contributed by atoms with Crippen LogP contribution in [0.25, 0.3) is 0 Å². The van der Waals surface area contributed by atoms with Gasteiger partial charge < -0.3 is 5.11 Å². The molecule has 0 bridgehead atoms. The van der Waals surface area contributed by atoms with Gasteiger partial charge in [0.1, 0.15) is 0 Å². The van der Waals surface area contributed by atoms with Gasteiger partial charge in [-0.3, -0.25) is 0 Å². The highest BCUT2D eigenvalue weighted by Gasteiger charge is 2.31. The molecule has 0 amide bonds. The van der Waals surface area contributed by atoms with Gasteiger partial charge in [0.05, 0.1) is 0 Å². The van der Waals surface area contributed by atoms with Crippen LogP contribution >= 0.6 is 0 Å². The van der Waals surface area contributed by atoms with Gasteiger partial charge >= 0.3 is 0 Å². The molecule has 0 aromatic heterocycles. The smallest absolute Gasteiger partial charge is 0.279 e. The van der Waals surface area contributed by atoms with Crippen LogP contribution in [0.4, 0.5) is 0 Å². The third-order valence-electron chi connectivity index (χ3n) is 4.35. The van der Waals surface area contributed by atoms with E-state index in [1.54, 1.807) is 0 Å². The van der Waals surface area contributed by atoms with Crippen molar-refractivity contribution in [3.8, 4) is 0 Å². The lowest BCUT2D eigenvalue weighted by atomic mass is 9.81. The Morgan fingerprint density at radius 2 is 2.05 bits per heavy atom. The first-order chi connectivity index (χ1) is 8.69. The van der Waals surface area contributed by atoms with Crippen LogP contribution in [0.5, 0.6) is 0 Å². The molecule has 0 aromatic carbocycles. The molecule has 1 aliphatic rings. The zero-order chi connectivity index (χ0) is 14.7. The molecule has 0 aromatic rings. The zero-order valence-electron chi connectivity index (χ0n) is 12.5. The highest BCUT2D eigenvalue weighted by Crippen LogP contribution is 2.25. The van der Waals surface area contributed by atoms with Crippen LogP contribution in [0, 0.1) is 17.3 Å². The SMILES string of the molecule is CC(C)C(C)(C)CNS(=O)(=O)N1CCCC(CO)C1. The summed E-state index contributed by atoms with van der Waals surface area (Å²) in [5.41, 5.74) is -0.0702. The number of piperidine rings is 1. The van der Waals surface area contributed by atoms with Crippen molar-refractivity contribution in [3.05, 3.63) is 0 Å². The number of rotatable bonds is 6. The van der Waals surface area contributed by atoms with Crippen molar-refractivity contribution in [2.75, 3.05) is 26.2 Å². The summed E-state index contributed by atoms with van der Waals surface area (Å²) in [7, 11) is -3.42. The first kappa shape index (κ1) is 16.9. The van der Waals surface area contributed by atoms with Crippen LogP contribution < -0.4 is 4.72 Å². The molecule has 1 heterocycles. The molecular weight excluding hydrogens is 264 g/mol. The lowest BCUT2D eigenvalue weighted by molar-refractivity contribution is 0.164. The Morgan fingerprint density at radius 1 is 1.42 bits per heavy atom. The quantitative estimate of drug-likeness (QED) is 0.773. The molecule has 0 radical (unpaired) electrons. The molecular formula is C13H28N2O3S. The average Bonchev–Trinajstić information content (AvgIpc) is 2.36. The summed E-state index contributed by atoms with van der Waals surface area (Å²) < 4.78 is 28.7. The van der Waals surface area contributed by atoms with Gasteiger partial charge in [-0.15, -0.1) is 0 Å². The van der Waals surface area contributed by atoms with E-state index in [0.717, 1.165) is 12.8 Å². The predicted molar refractivity (Wildman–Crippen MR) is 76.9 cm³/mol. The van der Waals surface area contributed by atoms with E-state index in [4.69, 9.17) is 5.11 Å². The summed E-state index contributed by atoms with van der Waals surface area (Å²) in [5, 5.41) is 9.16. The maximum atomic E-state index is 12.2. The van der Waals surface area contributed by atoms with Gasteiger partial charge in [-0.2, -0.15) is 12.7 Å². The van der Waals surface area contributed by atoms with Crippen LogP contribution in [-0.2, 0) is 10.2 Å². The second kappa shape index (κ2) is 6.52. The van der Waals surface area contributed by atoms with E-state index in [-0.39, 0.29) is 17.9 Å². The fourth-order valence-corrected chi connectivity index (χ4v) is 3.48. The summed E-state index contributed by atoms with van der Waals surface area (Å²) in [4.78, 5) is 0. The minimum absolute atomic E-state index is 0.0590. The lowest BCUT2D eigenvalue weighted by Gasteiger charge is -2.34. The van der Waals surface area contributed by atoms with Crippen LogP contribution in [0.15, 0.2) is 0 Å². The van der Waals surface area contributed by atoms with E-state index in [9.17, 15) is 8.42 Å². The first-order valence-electron chi connectivity index (χ1n) is 7.04. The number of aliphatic hydroxyl groups is 1. The largest absolute Gasteiger partial charge is 0.396 e.